The summed E-state index contributed by atoms with van der Waals surface area (Å²) in [6.45, 7) is 0.915. The molecule has 2 heterocycles. The number of hydrogen-bond acceptors (Lipinski definition) is 5. The molecular weight excluding hydrogens is 352 g/mol. The van der Waals surface area contributed by atoms with Gasteiger partial charge in [0, 0.05) is 19.1 Å². The Morgan fingerprint density at radius 2 is 1.83 bits per heavy atom. The number of hydrogen-bond donors (Lipinski definition) is 2. The lowest BCUT2D eigenvalue weighted by atomic mass is 9.72. The molecule has 1 saturated carbocycles. The highest BCUT2D eigenvalue weighted by atomic mass is 32.2. The Morgan fingerprint density at radius 3 is 2.33 bits per heavy atom. The first-order valence-electron chi connectivity index (χ1n) is 7.96. The van der Waals surface area contributed by atoms with E-state index in [9.17, 15) is 18.0 Å². The first-order valence-corrected chi connectivity index (χ1v) is 10.3. The van der Waals surface area contributed by atoms with Crippen LogP contribution in [0.15, 0.2) is 21.7 Å². The molecule has 0 bridgehead atoms. The fourth-order valence-corrected chi connectivity index (χ4v) is 5.55. The second-order valence-electron chi connectivity index (χ2n) is 6.28. The van der Waals surface area contributed by atoms with Crippen LogP contribution < -0.4 is 4.72 Å². The minimum atomic E-state index is -3.50. The number of amides is 1. The minimum absolute atomic E-state index is 0.104. The van der Waals surface area contributed by atoms with Gasteiger partial charge in [-0.15, -0.1) is 11.3 Å². The molecule has 24 heavy (non-hydrogen) atoms. The van der Waals surface area contributed by atoms with Crippen molar-refractivity contribution in [3.05, 3.63) is 17.5 Å². The second-order valence-corrected chi connectivity index (χ2v) is 9.17. The van der Waals surface area contributed by atoms with Gasteiger partial charge in [-0.2, -0.15) is 0 Å². The van der Waals surface area contributed by atoms with Crippen LogP contribution >= 0.6 is 11.3 Å². The zero-order valence-electron chi connectivity index (χ0n) is 13.1. The lowest BCUT2D eigenvalue weighted by Crippen LogP contribution is -2.51. The van der Waals surface area contributed by atoms with Gasteiger partial charge in [0.2, 0.25) is 15.9 Å². The third kappa shape index (κ3) is 3.47. The number of rotatable bonds is 5. The van der Waals surface area contributed by atoms with E-state index in [1.54, 1.807) is 22.4 Å². The number of carbonyl (C=O) groups excluding carboxylic acids is 1. The van der Waals surface area contributed by atoms with E-state index in [0.717, 1.165) is 0 Å². The summed E-state index contributed by atoms with van der Waals surface area (Å²) in [5, 5.41) is 10.8. The van der Waals surface area contributed by atoms with E-state index in [1.165, 1.54) is 11.3 Å². The number of aliphatic carboxylic acids is 1. The predicted octanol–water partition coefficient (Wildman–Crippen LogP) is 1.13. The Morgan fingerprint density at radius 1 is 1.17 bits per heavy atom. The normalized spacial score (nSPS) is 25.2. The van der Waals surface area contributed by atoms with Gasteiger partial charge in [0.15, 0.2) is 0 Å². The third-order valence-electron chi connectivity index (χ3n) is 4.80. The van der Waals surface area contributed by atoms with Gasteiger partial charge in [0.05, 0.1) is 11.8 Å². The molecule has 2 aliphatic rings. The molecule has 2 atom stereocenters. The van der Waals surface area contributed by atoms with Crippen molar-refractivity contribution in [3.63, 3.8) is 0 Å². The minimum Gasteiger partial charge on any atom is -0.481 e. The van der Waals surface area contributed by atoms with Gasteiger partial charge < -0.3 is 10.0 Å². The first-order chi connectivity index (χ1) is 11.4. The highest BCUT2D eigenvalue weighted by molar-refractivity contribution is 7.91. The van der Waals surface area contributed by atoms with Gasteiger partial charge in [-0.1, -0.05) is 6.07 Å². The van der Waals surface area contributed by atoms with Crippen LogP contribution in [0.3, 0.4) is 0 Å². The number of carboxylic acids is 1. The fraction of sp³-hybridized carbons (Fsp3) is 0.600. The third-order valence-corrected chi connectivity index (χ3v) is 7.72. The fourth-order valence-electron chi connectivity index (χ4n) is 3.24. The van der Waals surface area contributed by atoms with Crippen molar-refractivity contribution in [2.45, 2.75) is 35.9 Å². The number of piperidine rings is 1. The van der Waals surface area contributed by atoms with Crippen LogP contribution in [0.25, 0.3) is 0 Å². The molecule has 1 saturated heterocycles. The largest absolute Gasteiger partial charge is 0.481 e. The molecule has 1 aliphatic carbocycles. The van der Waals surface area contributed by atoms with Crippen molar-refractivity contribution in [2.24, 2.45) is 11.8 Å². The van der Waals surface area contributed by atoms with E-state index in [-0.39, 0.29) is 11.9 Å². The SMILES string of the molecule is O=C(O)C1CCC1C(=O)N1CCC(NS(=O)(=O)c2cccs2)CC1. The average Bonchev–Trinajstić information content (AvgIpc) is 3.00. The van der Waals surface area contributed by atoms with E-state index in [1.807, 2.05) is 0 Å². The van der Waals surface area contributed by atoms with Crippen LogP contribution in [-0.2, 0) is 19.6 Å². The quantitative estimate of drug-likeness (QED) is 0.806. The molecule has 2 N–H and O–H groups in total. The molecule has 2 fully saturated rings. The standard InChI is InChI=1S/C15H20N2O5S2/c18-14(11-3-4-12(11)15(19)20)17-7-5-10(6-8-17)16-24(21,22)13-2-1-9-23-13/h1-2,9-12,16H,3-8H2,(H,19,20). The molecule has 2 unspecified atom stereocenters. The summed E-state index contributed by atoms with van der Waals surface area (Å²) in [7, 11) is -3.50. The number of nitrogens with zero attached hydrogens (tertiary/aromatic N) is 1. The highest BCUT2D eigenvalue weighted by Gasteiger charge is 2.43. The maximum Gasteiger partial charge on any atom is 0.307 e. The van der Waals surface area contributed by atoms with Crippen molar-refractivity contribution in [3.8, 4) is 0 Å². The van der Waals surface area contributed by atoms with Gasteiger partial charge in [-0.25, -0.2) is 13.1 Å². The van der Waals surface area contributed by atoms with E-state index >= 15 is 0 Å². The summed E-state index contributed by atoms with van der Waals surface area (Å²) >= 11 is 1.17. The molecule has 0 aromatic carbocycles. The molecule has 9 heteroatoms. The van der Waals surface area contributed by atoms with E-state index in [2.05, 4.69) is 4.72 Å². The molecule has 132 valence electrons. The molecule has 3 rings (SSSR count). The second kappa shape index (κ2) is 6.81. The first kappa shape index (κ1) is 17.4. The van der Waals surface area contributed by atoms with Gasteiger partial charge in [0.1, 0.15) is 4.21 Å². The van der Waals surface area contributed by atoms with E-state index in [4.69, 9.17) is 5.11 Å². The molecule has 0 radical (unpaired) electrons. The van der Waals surface area contributed by atoms with Gasteiger partial charge in [-0.05, 0) is 37.1 Å². The summed E-state index contributed by atoms with van der Waals surface area (Å²) < 4.78 is 27.4. The van der Waals surface area contributed by atoms with Gasteiger partial charge >= 0.3 is 5.97 Å². The van der Waals surface area contributed by atoms with Crippen LogP contribution in [-0.4, -0.2) is 49.4 Å². The van der Waals surface area contributed by atoms with Crippen LogP contribution in [0, 0.1) is 11.8 Å². The Hall–Kier alpha value is -1.45. The van der Waals surface area contributed by atoms with Crippen LogP contribution in [0.4, 0.5) is 0 Å². The number of thiophene rings is 1. The maximum atomic E-state index is 12.4. The summed E-state index contributed by atoms with van der Waals surface area (Å²) in [6.07, 6.45) is 2.27. The summed E-state index contributed by atoms with van der Waals surface area (Å²) in [6, 6.07) is 3.06. The average molecular weight is 372 g/mol. The number of carbonyl (C=O) groups is 2. The number of likely N-dealkylation sites (tertiary alicyclic amines) is 1. The van der Waals surface area contributed by atoms with Crippen molar-refractivity contribution in [1.29, 1.82) is 0 Å². The summed E-state index contributed by atoms with van der Waals surface area (Å²) in [4.78, 5) is 25.1. The lowest BCUT2D eigenvalue weighted by molar-refractivity contribution is -0.157. The molecule has 7 nitrogen and oxygen atoms in total. The zero-order valence-corrected chi connectivity index (χ0v) is 14.7. The summed E-state index contributed by atoms with van der Waals surface area (Å²) in [5.41, 5.74) is 0. The maximum absolute atomic E-state index is 12.4. The number of sulfonamides is 1. The monoisotopic (exact) mass is 372 g/mol. The lowest BCUT2D eigenvalue weighted by Gasteiger charge is -2.39. The van der Waals surface area contributed by atoms with Crippen LogP contribution in [0.1, 0.15) is 25.7 Å². The Labute approximate surface area is 144 Å². The van der Waals surface area contributed by atoms with Gasteiger partial charge in [-0.3, -0.25) is 9.59 Å². The van der Waals surface area contributed by atoms with Gasteiger partial charge in [0.25, 0.3) is 0 Å². The van der Waals surface area contributed by atoms with E-state index < -0.39 is 27.8 Å². The molecule has 1 aromatic rings. The topological polar surface area (TPSA) is 104 Å². The van der Waals surface area contributed by atoms with E-state index in [0.29, 0.717) is 43.0 Å². The molecule has 0 spiro atoms. The van der Waals surface area contributed by atoms with Crippen molar-refractivity contribution in [1.82, 2.24) is 9.62 Å². The highest BCUT2D eigenvalue weighted by Crippen LogP contribution is 2.36. The van der Waals surface area contributed by atoms with Crippen molar-refractivity contribution >= 4 is 33.2 Å². The van der Waals surface area contributed by atoms with Crippen molar-refractivity contribution < 1.29 is 23.1 Å². The Kier molecular flexibility index (Phi) is 4.93. The van der Waals surface area contributed by atoms with Crippen molar-refractivity contribution in [2.75, 3.05) is 13.1 Å². The number of carboxylic acid groups (broad SMARTS) is 1. The van der Waals surface area contributed by atoms with Crippen LogP contribution in [0.2, 0.25) is 0 Å². The smallest absolute Gasteiger partial charge is 0.307 e. The molecule has 1 aromatic heterocycles. The number of nitrogens with one attached hydrogen (secondary N) is 1. The van der Waals surface area contributed by atoms with Crippen LogP contribution in [0.5, 0.6) is 0 Å². The summed E-state index contributed by atoms with van der Waals surface area (Å²) in [5.74, 6) is -1.99. The Balaban J connectivity index is 1.53. The predicted molar refractivity (Wildman–Crippen MR) is 88.1 cm³/mol. The molecular formula is C15H20N2O5S2. The molecule has 1 aliphatic heterocycles. The zero-order chi connectivity index (χ0) is 17.3. The Bertz CT molecular complexity index is 708. The molecule has 1 amide bonds.